The van der Waals surface area contributed by atoms with Gasteiger partial charge in [0, 0.05) is 11.6 Å². The lowest BCUT2D eigenvalue weighted by Crippen LogP contribution is -2.36. The third-order valence-electron chi connectivity index (χ3n) is 2.49. The van der Waals surface area contributed by atoms with E-state index in [0.717, 1.165) is 13.0 Å². The van der Waals surface area contributed by atoms with Crippen LogP contribution in [0.5, 0.6) is 11.5 Å². The molecule has 0 aliphatic carbocycles. The molecular weight excluding hydrogens is 240 g/mol. The Labute approximate surface area is 115 Å². The molecule has 104 valence electrons. The quantitative estimate of drug-likeness (QED) is 0.801. The second-order valence-corrected chi connectivity index (χ2v) is 5.39. The Balaban J connectivity index is 2.43. The van der Waals surface area contributed by atoms with Crippen LogP contribution in [0.3, 0.4) is 0 Å². The van der Waals surface area contributed by atoms with Crippen molar-refractivity contribution in [2.24, 2.45) is 0 Å². The molecule has 0 aliphatic rings. The maximum atomic E-state index is 8.91. The molecule has 0 amide bonds. The third-order valence-corrected chi connectivity index (χ3v) is 2.49. The van der Waals surface area contributed by atoms with Gasteiger partial charge in [-0.2, -0.15) is 5.26 Å². The van der Waals surface area contributed by atoms with Gasteiger partial charge in [0.05, 0.1) is 25.3 Å². The summed E-state index contributed by atoms with van der Waals surface area (Å²) in [6, 6.07) is 7.29. The normalized spacial score (nSPS) is 10.9. The van der Waals surface area contributed by atoms with Crippen LogP contribution in [0.25, 0.3) is 0 Å². The van der Waals surface area contributed by atoms with Gasteiger partial charge in [0.25, 0.3) is 0 Å². The summed E-state index contributed by atoms with van der Waals surface area (Å²) in [6.07, 6.45) is 0.913. The molecule has 0 aliphatic heterocycles. The first kappa shape index (κ1) is 15.3. The minimum absolute atomic E-state index is 0.129. The molecule has 0 fully saturated rings. The van der Waals surface area contributed by atoms with E-state index in [2.05, 4.69) is 32.2 Å². The number of hydrogen-bond donors (Lipinski definition) is 1. The summed E-state index contributed by atoms with van der Waals surface area (Å²) in [5, 5.41) is 12.3. The second-order valence-electron chi connectivity index (χ2n) is 5.39. The highest BCUT2D eigenvalue weighted by molar-refractivity contribution is 5.43. The Morgan fingerprint density at radius 2 is 1.89 bits per heavy atom. The summed E-state index contributed by atoms with van der Waals surface area (Å²) in [5.74, 6) is 1.31. The molecule has 0 heterocycles. The van der Waals surface area contributed by atoms with Crippen molar-refractivity contribution in [2.45, 2.75) is 32.7 Å². The molecule has 0 radical (unpaired) electrons. The number of methoxy groups -OCH3 is 1. The summed E-state index contributed by atoms with van der Waals surface area (Å²) in [6.45, 7) is 7.92. The monoisotopic (exact) mass is 262 g/mol. The standard InChI is InChI=1S/C15H22N2O2/c1-15(2,3)17-6-5-7-19-14-9-12(11-16)8-13(10-14)18-4/h8-10,17H,5-7H2,1-4H3. The van der Waals surface area contributed by atoms with Gasteiger partial charge in [-0.3, -0.25) is 0 Å². The largest absolute Gasteiger partial charge is 0.497 e. The first-order valence-electron chi connectivity index (χ1n) is 6.41. The van der Waals surface area contributed by atoms with E-state index in [-0.39, 0.29) is 5.54 Å². The number of rotatable bonds is 6. The molecule has 19 heavy (non-hydrogen) atoms. The van der Waals surface area contributed by atoms with E-state index >= 15 is 0 Å². The van der Waals surface area contributed by atoms with E-state index in [1.54, 1.807) is 25.3 Å². The van der Waals surface area contributed by atoms with E-state index in [4.69, 9.17) is 14.7 Å². The van der Waals surface area contributed by atoms with Gasteiger partial charge in [-0.25, -0.2) is 0 Å². The van der Waals surface area contributed by atoms with E-state index in [0.29, 0.717) is 23.7 Å². The number of benzene rings is 1. The summed E-state index contributed by atoms with van der Waals surface area (Å²) in [4.78, 5) is 0. The maximum Gasteiger partial charge on any atom is 0.124 e. The van der Waals surface area contributed by atoms with E-state index in [1.807, 2.05) is 0 Å². The minimum Gasteiger partial charge on any atom is -0.497 e. The van der Waals surface area contributed by atoms with Gasteiger partial charge in [0.15, 0.2) is 0 Å². The lowest BCUT2D eigenvalue weighted by molar-refractivity contribution is 0.296. The molecule has 0 saturated carbocycles. The average molecular weight is 262 g/mol. The van der Waals surface area contributed by atoms with Crippen molar-refractivity contribution in [3.8, 4) is 17.6 Å². The first-order chi connectivity index (χ1) is 8.94. The second kappa shape index (κ2) is 7.01. The highest BCUT2D eigenvalue weighted by Crippen LogP contribution is 2.22. The van der Waals surface area contributed by atoms with E-state index in [9.17, 15) is 0 Å². The molecule has 4 heteroatoms. The summed E-state index contributed by atoms with van der Waals surface area (Å²) in [5.41, 5.74) is 0.673. The van der Waals surface area contributed by atoms with Crippen molar-refractivity contribution in [3.05, 3.63) is 23.8 Å². The van der Waals surface area contributed by atoms with Crippen LogP contribution in [-0.4, -0.2) is 25.8 Å². The number of nitrogens with zero attached hydrogens (tertiary/aromatic N) is 1. The summed E-state index contributed by atoms with van der Waals surface area (Å²) < 4.78 is 10.8. The molecule has 1 N–H and O–H groups in total. The van der Waals surface area contributed by atoms with Crippen LogP contribution >= 0.6 is 0 Å². The molecule has 0 aromatic heterocycles. The maximum absolute atomic E-state index is 8.91. The zero-order valence-corrected chi connectivity index (χ0v) is 12.1. The Bertz CT molecular complexity index is 444. The Hall–Kier alpha value is -1.73. The van der Waals surface area contributed by atoms with Gasteiger partial charge in [0.2, 0.25) is 0 Å². The van der Waals surface area contributed by atoms with Crippen LogP contribution in [0.15, 0.2) is 18.2 Å². The van der Waals surface area contributed by atoms with Gasteiger partial charge in [0.1, 0.15) is 11.5 Å². The zero-order valence-electron chi connectivity index (χ0n) is 12.1. The van der Waals surface area contributed by atoms with Crippen LogP contribution in [-0.2, 0) is 0 Å². The van der Waals surface area contributed by atoms with Crippen molar-refractivity contribution >= 4 is 0 Å². The first-order valence-corrected chi connectivity index (χ1v) is 6.41. The highest BCUT2D eigenvalue weighted by atomic mass is 16.5. The smallest absolute Gasteiger partial charge is 0.124 e. The number of nitrogens with one attached hydrogen (secondary N) is 1. The van der Waals surface area contributed by atoms with Crippen molar-refractivity contribution in [2.75, 3.05) is 20.3 Å². The van der Waals surface area contributed by atoms with Crippen LogP contribution in [0, 0.1) is 11.3 Å². The Kier molecular flexibility index (Phi) is 5.65. The molecule has 1 rings (SSSR count). The summed E-state index contributed by atoms with van der Waals surface area (Å²) in [7, 11) is 1.58. The van der Waals surface area contributed by atoms with Crippen molar-refractivity contribution < 1.29 is 9.47 Å². The van der Waals surface area contributed by atoms with Gasteiger partial charge >= 0.3 is 0 Å². The minimum atomic E-state index is 0.129. The van der Waals surface area contributed by atoms with E-state index in [1.165, 1.54) is 0 Å². The van der Waals surface area contributed by atoms with Gasteiger partial charge in [-0.1, -0.05) is 0 Å². The number of hydrogen-bond acceptors (Lipinski definition) is 4. The van der Waals surface area contributed by atoms with Crippen LogP contribution in [0.1, 0.15) is 32.8 Å². The predicted octanol–water partition coefficient (Wildman–Crippen LogP) is 2.72. The van der Waals surface area contributed by atoms with Crippen LogP contribution in [0.2, 0.25) is 0 Å². The fourth-order valence-electron chi connectivity index (χ4n) is 1.56. The SMILES string of the molecule is COc1cc(C#N)cc(OCCCNC(C)(C)C)c1. The van der Waals surface area contributed by atoms with Crippen LogP contribution in [0.4, 0.5) is 0 Å². The topological polar surface area (TPSA) is 54.3 Å². The molecule has 0 spiro atoms. The molecule has 4 nitrogen and oxygen atoms in total. The average Bonchev–Trinajstić information content (AvgIpc) is 2.36. The lowest BCUT2D eigenvalue weighted by atomic mass is 10.1. The van der Waals surface area contributed by atoms with Gasteiger partial charge < -0.3 is 14.8 Å². The molecule has 0 bridgehead atoms. The predicted molar refractivity (Wildman–Crippen MR) is 75.6 cm³/mol. The van der Waals surface area contributed by atoms with Crippen molar-refractivity contribution in [1.82, 2.24) is 5.32 Å². The van der Waals surface area contributed by atoms with Crippen molar-refractivity contribution in [3.63, 3.8) is 0 Å². The molecule has 1 aromatic rings. The Morgan fingerprint density at radius 3 is 2.47 bits per heavy atom. The molecule has 0 atom stereocenters. The third kappa shape index (κ3) is 6.12. The number of nitriles is 1. The van der Waals surface area contributed by atoms with Crippen LogP contribution < -0.4 is 14.8 Å². The van der Waals surface area contributed by atoms with Gasteiger partial charge in [-0.05, 0) is 45.9 Å². The molecular formula is C15H22N2O2. The van der Waals surface area contributed by atoms with Gasteiger partial charge in [-0.15, -0.1) is 0 Å². The van der Waals surface area contributed by atoms with Crippen molar-refractivity contribution in [1.29, 1.82) is 5.26 Å². The zero-order chi connectivity index (χ0) is 14.3. The summed E-state index contributed by atoms with van der Waals surface area (Å²) >= 11 is 0. The Morgan fingerprint density at radius 1 is 1.21 bits per heavy atom. The molecule has 1 aromatic carbocycles. The highest BCUT2D eigenvalue weighted by Gasteiger charge is 2.07. The fraction of sp³-hybridized carbons (Fsp3) is 0.533. The fourth-order valence-corrected chi connectivity index (χ4v) is 1.56. The molecule has 0 unspecified atom stereocenters. The number of ether oxygens (including phenoxy) is 2. The molecule has 0 saturated heterocycles. The van der Waals surface area contributed by atoms with E-state index < -0.39 is 0 Å². The lowest BCUT2D eigenvalue weighted by Gasteiger charge is -2.20.